The van der Waals surface area contributed by atoms with Gasteiger partial charge in [0.1, 0.15) is 18.6 Å². The molecule has 0 saturated heterocycles. The molecular weight excluding hydrogens is 284 g/mol. The number of carbonyl (C=O) groups excluding carboxylic acids is 3. The lowest BCUT2D eigenvalue weighted by atomic mass is 9.94. The van der Waals surface area contributed by atoms with E-state index >= 15 is 0 Å². The first-order chi connectivity index (χ1) is 10.5. The summed E-state index contributed by atoms with van der Waals surface area (Å²) in [6.45, 7) is 8.86. The summed E-state index contributed by atoms with van der Waals surface area (Å²) >= 11 is 0. The average Bonchev–Trinajstić information content (AvgIpc) is 2.42. The molecule has 0 radical (unpaired) electrons. The van der Waals surface area contributed by atoms with Gasteiger partial charge in [-0.25, -0.2) is 0 Å². The van der Waals surface area contributed by atoms with Crippen molar-refractivity contribution >= 4 is 17.7 Å². The monoisotopic (exact) mass is 306 g/mol. The highest BCUT2D eigenvalue weighted by Crippen LogP contribution is 2.20. The molecule has 22 heavy (non-hydrogen) atoms. The van der Waals surface area contributed by atoms with E-state index in [0.29, 0.717) is 31.3 Å². The minimum atomic E-state index is -0.649. The third-order valence-electron chi connectivity index (χ3n) is 3.17. The quantitative estimate of drug-likeness (QED) is 0.392. The predicted octanol–water partition coefficient (Wildman–Crippen LogP) is 2.66. The van der Waals surface area contributed by atoms with E-state index in [4.69, 9.17) is 9.47 Å². The number of ether oxygens (including phenoxy) is 2. The minimum absolute atomic E-state index is 0.0462. The van der Waals surface area contributed by atoms with Crippen molar-refractivity contribution in [3.8, 4) is 0 Å². The largest absolute Gasteiger partial charge is 0.462 e. The van der Waals surface area contributed by atoms with Crippen LogP contribution in [0.5, 0.6) is 0 Å². The molecular formula is C17H22O5. The zero-order valence-electron chi connectivity index (χ0n) is 12.9. The smallest absolute Gasteiger partial charge is 0.317 e. The second kappa shape index (κ2) is 8.97. The second-order valence-corrected chi connectivity index (χ2v) is 5.18. The number of carbonyl (C=O) groups is 3. The van der Waals surface area contributed by atoms with E-state index < -0.39 is 24.5 Å². The van der Waals surface area contributed by atoms with Crippen molar-refractivity contribution in [1.82, 2.24) is 0 Å². The summed E-state index contributed by atoms with van der Waals surface area (Å²) in [4.78, 5) is 34.9. The fourth-order valence-corrected chi connectivity index (χ4v) is 2.14. The predicted molar refractivity (Wildman–Crippen MR) is 82.0 cm³/mol. The molecule has 1 unspecified atom stereocenters. The molecule has 120 valence electrons. The molecule has 2 atom stereocenters. The van der Waals surface area contributed by atoms with Gasteiger partial charge >= 0.3 is 11.9 Å². The van der Waals surface area contributed by atoms with Gasteiger partial charge in [0.05, 0.1) is 0 Å². The molecule has 0 heterocycles. The standard InChI is InChI=1S/C17H22O5/c1-4-6-12(3)21-16(19)11-17(20)22-14-8-9-15(18)13(10-14)7-5-2/h4-5,10,12,14H,1-2,6-9,11H2,3H3/t12-,14?/m0/s1. The van der Waals surface area contributed by atoms with Crippen LogP contribution >= 0.6 is 0 Å². The van der Waals surface area contributed by atoms with E-state index in [1.807, 2.05) is 0 Å². The fourth-order valence-electron chi connectivity index (χ4n) is 2.14. The number of allylic oxidation sites excluding steroid dienone is 2. The highest BCUT2D eigenvalue weighted by atomic mass is 16.6. The van der Waals surface area contributed by atoms with Crippen molar-refractivity contribution in [1.29, 1.82) is 0 Å². The lowest BCUT2D eigenvalue weighted by molar-refractivity contribution is -0.159. The van der Waals surface area contributed by atoms with Gasteiger partial charge in [-0.15, -0.1) is 13.2 Å². The van der Waals surface area contributed by atoms with Crippen molar-refractivity contribution in [2.75, 3.05) is 0 Å². The summed E-state index contributed by atoms with van der Waals surface area (Å²) in [5.74, 6) is -1.23. The number of ketones is 1. The molecule has 0 bridgehead atoms. The van der Waals surface area contributed by atoms with E-state index in [2.05, 4.69) is 13.2 Å². The maximum Gasteiger partial charge on any atom is 0.317 e. The Morgan fingerprint density at radius 1 is 1.36 bits per heavy atom. The Hall–Kier alpha value is -2.17. The van der Waals surface area contributed by atoms with E-state index in [-0.39, 0.29) is 11.9 Å². The summed E-state index contributed by atoms with van der Waals surface area (Å²) in [5, 5.41) is 0. The zero-order valence-corrected chi connectivity index (χ0v) is 12.9. The Morgan fingerprint density at radius 3 is 2.73 bits per heavy atom. The fraction of sp³-hybridized carbons (Fsp3) is 0.471. The molecule has 0 saturated carbocycles. The third-order valence-corrected chi connectivity index (χ3v) is 3.17. The van der Waals surface area contributed by atoms with Crippen LogP contribution in [0.25, 0.3) is 0 Å². The second-order valence-electron chi connectivity index (χ2n) is 5.18. The molecule has 0 aliphatic heterocycles. The third kappa shape index (κ3) is 6.08. The molecule has 0 aromatic heterocycles. The first kappa shape index (κ1) is 17.9. The molecule has 0 amide bonds. The number of hydrogen-bond acceptors (Lipinski definition) is 5. The highest BCUT2D eigenvalue weighted by Gasteiger charge is 2.23. The van der Waals surface area contributed by atoms with E-state index in [0.717, 1.165) is 0 Å². The molecule has 0 N–H and O–H groups in total. The molecule has 1 rings (SSSR count). The van der Waals surface area contributed by atoms with Gasteiger partial charge in [0.25, 0.3) is 0 Å². The molecule has 5 nitrogen and oxygen atoms in total. The van der Waals surface area contributed by atoms with Gasteiger partial charge in [0.15, 0.2) is 5.78 Å². The van der Waals surface area contributed by atoms with Crippen LogP contribution in [0.1, 0.15) is 39.0 Å². The van der Waals surface area contributed by atoms with Crippen LogP contribution in [0.4, 0.5) is 0 Å². The van der Waals surface area contributed by atoms with Gasteiger partial charge < -0.3 is 9.47 Å². The Balaban J connectivity index is 2.47. The first-order valence-corrected chi connectivity index (χ1v) is 7.31. The normalized spacial score (nSPS) is 18.9. The molecule has 0 spiro atoms. The van der Waals surface area contributed by atoms with Crippen LogP contribution in [-0.2, 0) is 23.9 Å². The van der Waals surface area contributed by atoms with Gasteiger partial charge in [-0.2, -0.15) is 0 Å². The molecule has 0 fully saturated rings. The van der Waals surface area contributed by atoms with Crippen LogP contribution < -0.4 is 0 Å². The lowest BCUT2D eigenvalue weighted by Crippen LogP contribution is -2.25. The summed E-state index contributed by atoms with van der Waals surface area (Å²) < 4.78 is 10.2. The van der Waals surface area contributed by atoms with Crippen molar-refractivity contribution in [3.63, 3.8) is 0 Å². The first-order valence-electron chi connectivity index (χ1n) is 7.31. The number of esters is 2. The SMILES string of the molecule is C=CCC1=CC(OC(=O)CC(=O)O[C@@H](C)CC=C)CCC1=O. The molecule has 0 aromatic carbocycles. The Morgan fingerprint density at radius 2 is 2.09 bits per heavy atom. The summed E-state index contributed by atoms with van der Waals surface area (Å²) in [5.41, 5.74) is 0.598. The summed E-state index contributed by atoms with van der Waals surface area (Å²) in [7, 11) is 0. The Labute approximate surface area is 130 Å². The van der Waals surface area contributed by atoms with Crippen molar-refractivity contribution in [3.05, 3.63) is 37.0 Å². The van der Waals surface area contributed by atoms with E-state index in [1.54, 1.807) is 25.2 Å². The van der Waals surface area contributed by atoms with Crippen LogP contribution in [0, 0.1) is 0 Å². The topological polar surface area (TPSA) is 69.7 Å². The van der Waals surface area contributed by atoms with E-state index in [9.17, 15) is 14.4 Å². The lowest BCUT2D eigenvalue weighted by Gasteiger charge is -2.20. The van der Waals surface area contributed by atoms with Gasteiger partial charge in [-0.3, -0.25) is 14.4 Å². The maximum atomic E-state index is 11.7. The molecule has 1 aliphatic carbocycles. The van der Waals surface area contributed by atoms with Crippen LogP contribution in [0.3, 0.4) is 0 Å². The van der Waals surface area contributed by atoms with Crippen LogP contribution in [0.15, 0.2) is 37.0 Å². The number of Topliss-reactive ketones (excluding diaryl/α,β-unsaturated/α-hetero) is 1. The van der Waals surface area contributed by atoms with Gasteiger partial charge in [0.2, 0.25) is 0 Å². The average molecular weight is 306 g/mol. The van der Waals surface area contributed by atoms with Crippen molar-refractivity contribution in [2.45, 2.75) is 51.2 Å². The molecule has 5 heteroatoms. The van der Waals surface area contributed by atoms with Crippen molar-refractivity contribution in [2.24, 2.45) is 0 Å². The number of rotatable bonds is 8. The zero-order chi connectivity index (χ0) is 16.5. The highest BCUT2D eigenvalue weighted by molar-refractivity contribution is 5.96. The van der Waals surface area contributed by atoms with Gasteiger partial charge in [-0.05, 0) is 31.4 Å². The van der Waals surface area contributed by atoms with E-state index in [1.165, 1.54) is 0 Å². The van der Waals surface area contributed by atoms with Crippen LogP contribution in [-0.4, -0.2) is 29.9 Å². The summed E-state index contributed by atoms with van der Waals surface area (Å²) in [6, 6.07) is 0. The Kier molecular flexibility index (Phi) is 7.29. The Bertz CT molecular complexity index is 489. The van der Waals surface area contributed by atoms with Gasteiger partial charge in [0, 0.05) is 12.8 Å². The summed E-state index contributed by atoms with van der Waals surface area (Å²) in [6.07, 6.45) is 5.43. The maximum absolute atomic E-state index is 11.7. The minimum Gasteiger partial charge on any atom is -0.462 e. The molecule has 1 aliphatic rings. The molecule has 0 aromatic rings. The van der Waals surface area contributed by atoms with Gasteiger partial charge in [-0.1, -0.05) is 12.2 Å². The van der Waals surface area contributed by atoms with Crippen molar-refractivity contribution < 1.29 is 23.9 Å². The number of hydrogen-bond donors (Lipinski definition) is 0. The van der Waals surface area contributed by atoms with Crippen LogP contribution in [0.2, 0.25) is 0 Å².